The van der Waals surface area contributed by atoms with Crippen LogP contribution < -0.4 is 9.47 Å². The molecule has 1 rings (SSSR count). The van der Waals surface area contributed by atoms with E-state index in [1.807, 2.05) is 0 Å². The molecule has 0 aliphatic rings. The summed E-state index contributed by atoms with van der Waals surface area (Å²) in [6.45, 7) is 1.91. The van der Waals surface area contributed by atoms with Crippen LogP contribution >= 0.6 is 0 Å². The van der Waals surface area contributed by atoms with Gasteiger partial charge in [-0.2, -0.15) is 0 Å². The maximum atomic E-state index is 11.1. The van der Waals surface area contributed by atoms with Crippen molar-refractivity contribution in [2.45, 2.75) is 19.4 Å². The molecule has 18 heavy (non-hydrogen) atoms. The average Bonchev–Trinajstić information content (AvgIpc) is 2.37. The second kappa shape index (κ2) is 6.26. The van der Waals surface area contributed by atoms with Gasteiger partial charge in [-0.1, -0.05) is 6.07 Å². The highest BCUT2D eigenvalue weighted by atomic mass is 16.5. The summed E-state index contributed by atoms with van der Waals surface area (Å²) in [6, 6.07) is 3.43. The van der Waals surface area contributed by atoms with Gasteiger partial charge in [0.2, 0.25) is 0 Å². The highest BCUT2D eigenvalue weighted by Gasteiger charge is 2.22. The van der Waals surface area contributed by atoms with E-state index in [0.717, 1.165) is 0 Å². The molecule has 0 fully saturated rings. The van der Waals surface area contributed by atoms with Crippen LogP contribution in [0.15, 0.2) is 12.1 Å². The first-order valence-corrected chi connectivity index (χ1v) is 5.52. The summed E-state index contributed by atoms with van der Waals surface area (Å²) < 4.78 is 15.6. The number of carboxylic acid groups (broad SMARTS) is 1. The molecule has 0 aliphatic carbocycles. The van der Waals surface area contributed by atoms with Gasteiger partial charge in [-0.25, -0.2) is 0 Å². The molecular formula is C13H18O5. The maximum Gasteiger partial charge on any atom is 0.310 e. The fraction of sp³-hybridized carbons (Fsp3) is 0.462. The summed E-state index contributed by atoms with van der Waals surface area (Å²) >= 11 is 0. The van der Waals surface area contributed by atoms with Crippen molar-refractivity contribution in [1.82, 2.24) is 0 Å². The van der Waals surface area contributed by atoms with Crippen molar-refractivity contribution in [3.63, 3.8) is 0 Å². The molecule has 0 bridgehead atoms. The van der Waals surface area contributed by atoms with Crippen LogP contribution in [0.2, 0.25) is 0 Å². The number of benzene rings is 1. The van der Waals surface area contributed by atoms with Gasteiger partial charge in [-0.15, -0.1) is 0 Å². The van der Waals surface area contributed by atoms with Crippen LogP contribution in [0, 0.1) is 0 Å². The summed E-state index contributed by atoms with van der Waals surface area (Å²) in [5.41, 5.74) is 1.32. The van der Waals surface area contributed by atoms with Crippen molar-refractivity contribution >= 4 is 5.97 Å². The molecule has 0 aromatic heterocycles. The van der Waals surface area contributed by atoms with Gasteiger partial charge in [-0.05, 0) is 13.0 Å². The van der Waals surface area contributed by atoms with E-state index in [1.54, 1.807) is 33.3 Å². The molecule has 5 nitrogen and oxygen atoms in total. The Kier molecular flexibility index (Phi) is 4.97. The minimum atomic E-state index is -0.901. The van der Waals surface area contributed by atoms with E-state index in [1.165, 1.54) is 7.11 Å². The number of hydrogen-bond acceptors (Lipinski definition) is 4. The van der Waals surface area contributed by atoms with Crippen molar-refractivity contribution in [2.75, 3.05) is 21.3 Å². The Balaban J connectivity index is 3.36. The van der Waals surface area contributed by atoms with Crippen LogP contribution in [-0.4, -0.2) is 32.4 Å². The van der Waals surface area contributed by atoms with Gasteiger partial charge in [0.1, 0.15) is 11.5 Å². The quantitative estimate of drug-likeness (QED) is 0.841. The van der Waals surface area contributed by atoms with Crippen molar-refractivity contribution in [3.8, 4) is 11.5 Å². The predicted molar refractivity (Wildman–Crippen MR) is 66.3 cm³/mol. The molecule has 100 valence electrons. The van der Waals surface area contributed by atoms with Crippen molar-refractivity contribution < 1.29 is 24.1 Å². The van der Waals surface area contributed by atoms with Gasteiger partial charge in [0.15, 0.2) is 0 Å². The standard InChI is InChI=1S/C13H18O5/c1-8(13(14)15)9-5-6-11(17-3)10(7-16-2)12(9)18-4/h5-6,8H,7H2,1-4H3,(H,14,15). The third kappa shape index (κ3) is 2.73. The highest BCUT2D eigenvalue weighted by molar-refractivity contribution is 5.77. The van der Waals surface area contributed by atoms with Gasteiger partial charge in [-0.3, -0.25) is 4.79 Å². The zero-order valence-corrected chi connectivity index (χ0v) is 11.0. The molecule has 1 aromatic rings. The van der Waals surface area contributed by atoms with Crippen LogP contribution in [-0.2, 0) is 16.1 Å². The Labute approximate surface area is 106 Å². The predicted octanol–water partition coefficient (Wildman–Crippen LogP) is 2.04. The summed E-state index contributed by atoms with van der Waals surface area (Å²) in [6.07, 6.45) is 0. The number of hydrogen-bond donors (Lipinski definition) is 1. The fourth-order valence-electron chi connectivity index (χ4n) is 1.82. The maximum absolute atomic E-state index is 11.1. The van der Waals surface area contributed by atoms with E-state index < -0.39 is 11.9 Å². The molecule has 5 heteroatoms. The lowest BCUT2D eigenvalue weighted by Crippen LogP contribution is -2.11. The molecule has 0 aliphatic heterocycles. The van der Waals surface area contributed by atoms with Crippen molar-refractivity contribution in [3.05, 3.63) is 23.3 Å². The first-order valence-electron chi connectivity index (χ1n) is 5.52. The zero-order valence-electron chi connectivity index (χ0n) is 11.0. The van der Waals surface area contributed by atoms with E-state index in [4.69, 9.17) is 19.3 Å². The van der Waals surface area contributed by atoms with E-state index in [2.05, 4.69) is 0 Å². The van der Waals surface area contributed by atoms with Crippen molar-refractivity contribution in [2.24, 2.45) is 0 Å². The smallest absolute Gasteiger partial charge is 0.310 e. The number of rotatable bonds is 6. The molecule has 1 aromatic carbocycles. The van der Waals surface area contributed by atoms with E-state index in [9.17, 15) is 4.79 Å². The number of ether oxygens (including phenoxy) is 3. The largest absolute Gasteiger partial charge is 0.496 e. The van der Waals surface area contributed by atoms with Gasteiger partial charge < -0.3 is 19.3 Å². The van der Waals surface area contributed by atoms with Crippen LogP contribution in [0.25, 0.3) is 0 Å². The van der Waals surface area contributed by atoms with Crippen molar-refractivity contribution in [1.29, 1.82) is 0 Å². The summed E-state index contributed by atoms with van der Waals surface area (Å²) in [5.74, 6) is -0.426. The molecule has 1 unspecified atom stereocenters. The van der Waals surface area contributed by atoms with Crippen LogP contribution in [0.3, 0.4) is 0 Å². The number of aliphatic carboxylic acids is 1. The Bertz CT molecular complexity index is 428. The molecule has 0 saturated heterocycles. The molecular weight excluding hydrogens is 236 g/mol. The van der Waals surface area contributed by atoms with Crippen LogP contribution in [0.1, 0.15) is 24.0 Å². The Morgan fingerprint density at radius 1 is 1.28 bits per heavy atom. The average molecular weight is 254 g/mol. The lowest BCUT2D eigenvalue weighted by Gasteiger charge is -2.18. The number of methoxy groups -OCH3 is 3. The lowest BCUT2D eigenvalue weighted by molar-refractivity contribution is -0.138. The summed E-state index contributed by atoms with van der Waals surface area (Å²) in [5, 5.41) is 9.08. The van der Waals surface area contributed by atoms with E-state index >= 15 is 0 Å². The SMILES string of the molecule is COCc1c(OC)ccc(C(C)C(=O)O)c1OC. The minimum Gasteiger partial charge on any atom is -0.496 e. The van der Waals surface area contributed by atoms with Gasteiger partial charge in [0.25, 0.3) is 0 Å². The van der Waals surface area contributed by atoms with E-state index in [-0.39, 0.29) is 0 Å². The molecule has 0 spiro atoms. The molecule has 0 radical (unpaired) electrons. The Morgan fingerprint density at radius 3 is 2.39 bits per heavy atom. The van der Waals surface area contributed by atoms with Gasteiger partial charge in [0.05, 0.1) is 32.3 Å². The van der Waals surface area contributed by atoms with Gasteiger partial charge in [0, 0.05) is 12.7 Å². The fourth-order valence-corrected chi connectivity index (χ4v) is 1.82. The molecule has 1 atom stereocenters. The molecule has 1 N–H and O–H groups in total. The summed E-state index contributed by atoms with van der Waals surface area (Å²) in [7, 11) is 4.62. The molecule has 0 heterocycles. The minimum absolute atomic E-state index is 0.298. The second-order valence-corrected chi connectivity index (χ2v) is 3.86. The van der Waals surface area contributed by atoms with Gasteiger partial charge >= 0.3 is 5.97 Å². The highest BCUT2D eigenvalue weighted by Crippen LogP contribution is 2.36. The third-order valence-electron chi connectivity index (χ3n) is 2.80. The first kappa shape index (κ1) is 14.3. The van der Waals surface area contributed by atoms with Crippen LogP contribution in [0.4, 0.5) is 0 Å². The molecule has 0 amide bonds. The van der Waals surface area contributed by atoms with E-state index in [0.29, 0.717) is 29.2 Å². The Hall–Kier alpha value is -1.75. The Morgan fingerprint density at radius 2 is 1.94 bits per heavy atom. The number of carboxylic acids is 1. The summed E-state index contributed by atoms with van der Waals surface area (Å²) in [4.78, 5) is 11.1. The topological polar surface area (TPSA) is 65.0 Å². The normalized spacial score (nSPS) is 12.0. The van der Waals surface area contributed by atoms with Crippen LogP contribution in [0.5, 0.6) is 11.5 Å². The zero-order chi connectivity index (χ0) is 13.7. The molecule has 0 saturated carbocycles. The second-order valence-electron chi connectivity index (χ2n) is 3.86. The first-order chi connectivity index (χ1) is 8.56. The number of carbonyl (C=O) groups is 1. The monoisotopic (exact) mass is 254 g/mol. The third-order valence-corrected chi connectivity index (χ3v) is 2.80. The lowest BCUT2D eigenvalue weighted by atomic mass is 9.97.